The van der Waals surface area contributed by atoms with Crippen LogP contribution in [0.4, 0.5) is 0 Å². The normalized spacial score (nSPS) is 24.7. The number of halogens is 5. The van der Waals surface area contributed by atoms with E-state index in [9.17, 15) is 9.36 Å². The maximum atomic E-state index is 12.5. The average Bonchev–Trinajstić information content (AvgIpc) is 2.94. The second-order valence-corrected chi connectivity index (χ2v) is 11.3. The Morgan fingerprint density at radius 1 is 1.26 bits per heavy atom. The number of rotatable bonds is 6. The molecule has 0 unspecified atom stereocenters. The minimum Gasteiger partial charge on any atom is -0.338 e. The van der Waals surface area contributed by atoms with Gasteiger partial charge in [0.15, 0.2) is 5.78 Å². The molecule has 134 valence electrons. The van der Waals surface area contributed by atoms with E-state index in [0.29, 0.717) is 0 Å². The van der Waals surface area contributed by atoms with Gasteiger partial charge in [0, 0.05) is 14.2 Å². The van der Waals surface area contributed by atoms with Crippen LogP contribution in [0.3, 0.4) is 0 Å². The second-order valence-electron chi connectivity index (χ2n) is 5.64. The van der Waals surface area contributed by atoms with Crippen LogP contribution in [0.5, 0.6) is 0 Å². The van der Waals surface area contributed by atoms with E-state index >= 15 is 0 Å². The molecule has 1 N–H and O–H groups in total. The molecule has 0 aliphatic heterocycles. The van der Waals surface area contributed by atoms with Gasteiger partial charge in [0.2, 0.25) is 9.70 Å². The molecule has 1 rings (SSSR count). The van der Waals surface area contributed by atoms with Crippen molar-refractivity contribution in [1.82, 2.24) is 5.32 Å². The summed E-state index contributed by atoms with van der Waals surface area (Å²) in [5, 5.41) is 2.46. The zero-order valence-corrected chi connectivity index (χ0v) is 17.5. The third-order valence-corrected chi connectivity index (χ3v) is 7.44. The number of nitrogens with one attached hydrogen (secondary N) is 1. The van der Waals surface area contributed by atoms with Crippen molar-refractivity contribution in [3.05, 3.63) is 10.6 Å². The molecule has 5 nitrogen and oxygen atoms in total. The van der Waals surface area contributed by atoms with Crippen molar-refractivity contribution in [2.45, 2.75) is 23.4 Å². The van der Waals surface area contributed by atoms with E-state index in [-0.39, 0.29) is 15.8 Å². The largest absolute Gasteiger partial charge is 0.356 e. The first kappa shape index (κ1) is 21.9. The first-order chi connectivity index (χ1) is 10.3. The summed E-state index contributed by atoms with van der Waals surface area (Å²) in [5.74, 6) is -2.58. The van der Waals surface area contributed by atoms with E-state index in [0.717, 1.165) is 14.2 Å². The van der Waals surface area contributed by atoms with Crippen LogP contribution in [0.25, 0.3) is 0 Å². The lowest BCUT2D eigenvalue weighted by Crippen LogP contribution is -2.45. The van der Waals surface area contributed by atoms with Crippen LogP contribution in [0, 0.1) is 17.3 Å². The summed E-state index contributed by atoms with van der Waals surface area (Å²) in [6.07, 6.45) is 1.57. The summed E-state index contributed by atoms with van der Waals surface area (Å²) < 4.78 is 20.2. The first-order valence-corrected chi connectivity index (χ1v) is 9.92. The topological polar surface area (TPSA) is 64.6 Å². The maximum absolute atomic E-state index is 12.5. The molecule has 0 heterocycles. The lowest BCUT2D eigenvalue weighted by atomic mass is 10.1. The Hall–Kier alpha value is 0.810. The van der Waals surface area contributed by atoms with Crippen LogP contribution < -0.4 is 5.32 Å². The third-order valence-electron chi connectivity index (χ3n) is 3.91. The fourth-order valence-electron chi connectivity index (χ4n) is 2.48. The predicted octanol–water partition coefficient (Wildman–Crippen LogP) is 4.88. The number of allylic oxidation sites excluding steroid dienone is 1. The van der Waals surface area contributed by atoms with Crippen LogP contribution in [-0.2, 0) is 18.4 Å². The maximum Gasteiger partial charge on any atom is 0.356 e. The Morgan fingerprint density at radius 3 is 2.09 bits per heavy atom. The Labute approximate surface area is 160 Å². The summed E-state index contributed by atoms with van der Waals surface area (Å²) in [6.45, 7) is 3.73. The van der Waals surface area contributed by atoms with Crippen LogP contribution >= 0.6 is 65.6 Å². The molecule has 1 aliphatic rings. The average molecular weight is 448 g/mol. The molecule has 1 fully saturated rings. The van der Waals surface area contributed by atoms with Gasteiger partial charge in [-0.1, -0.05) is 71.9 Å². The molecule has 0 aromatic heterocycles. The Balaban J connectivity index is 3.01. The van der Waals surface area contributed by atoms with Crippen molar-refractivity contribution < 1.29 is 18.4 Å². The lowest BCUT2D eigenvalue weighted by molar-refractivity contribution is -0.123. The van der Waals surface area contributed by atoms with Gasteiger partial charge in [0.1, 0.15) is 4.49 Å². The van der Waals surface area contributed by atoms with Gasteiger partial charge in [-0.3, -0.25) is 9.36 Å². The number of alkyl halides is 3. The highest BCUT2D eigenvalue weighted by Crippen LogP contribution is 2.61. The minimum absolute atomic E-state index is 0.0655. The van der Waals surface area contributed by atoms with Gasteiger partial charge in [-0.2, -0.15) is 0 Å². The molecule has 0 aromatic rings. The smallest absolute Gasteiger partial charge is 0.338 e. The van der Waals surface area contributed by atoms with E-state index in [1.807, 2.05) is 13.8 Å². The quantitative estimate of drug-likeness (QED) is 0.466. The van der Waals surface area contributed by atoms with Crippen molar-refractivity contribution >= 4 is 71.5 Å². The van der Waals surface area contributed by atoms with Gasteiger partial charge in [0.25, 0.3) is 0 Å². The summed E-state index contributed by atoms with van der Waals surface area (Å²) >= 11 is 28.8. The van der Waals surface area contributed by atoms with Gasteiger partial charge in [-0.15, -0.1) is 0 Å². The molecule has 11 heteroatoms. The number of carbonyl (C=O) groups excluding carboxylic acids is 1. The van der Waals surface area contributed by atoms with Crippen molar-refractivity contribution in [3.63, 3.8) is 0 Å². The number of carbonyl (C=O) groups is 1. The molecule has 1 aliphatic carbocycles. The Kier molecular flexibility index (Phi) is 7.21. The number of hydrogen-bond donors (Lipinski definition) is 1. The van der Waals surface area contributed by atoms with Crippen LogP contribution in [-0.4, -0.2) is 29.7 Å². The van der Waals surface area contributed by atoms with Crippen molar-refractivity contribution in [2.24, 2.45) is 17.3 Å². The highest BCUT2D eigenvalue weighted by molar-refractivity contribution is 7.55. The van der Waals surface area contributed by atoms with Crippen molar-refractivity contribution in [3.8, 4) is 0 Å². The number of amides is 1. The predicted molar refractivity (Wildman–Crippen MR) is 94.4 cm³/mol. The van der Waals surface area contributed by atoms with Crippen LogP contribution in [0.15, 0.2) is 10.6 Å². The van der Waals surface area contributed by atoms with Crippen molar-refractivity contribution in [2.75, 3.05) is 14.2 Å². The molecular formula is C12H17Cl5NO4P. The van der Waals surface area contributed by atoms with Gasteiger partial charge in [-0.25, -0.2) is 0 Å². The summed E-state index contributed by atoms with van der Waals surface area (Å²) in [7, 11) is -1.59. The molecule has 0 bridgehead atoms. The van der Waals surface area contributed by atoms with E-state index in [4.69, 9.17) is 67.1 Å². The van der Waals surface area contributed by atoms with E-state index in [2.05, 4.69) is 5.32 Å². The summed E-state index contributed by atoms with van der Waals surface area (Å²) in [5.41, 5.74) is -0.388. The highest BCUT2D eigenvalue weighted by atomic mass is 35.6. The molecule has 1 amide bonds. The monoisotopic (exact) mass is 445 g/mol. The van der Waals surface area contributed by atoms with Gasteiger partial charge in [-0.05, 0) is 17.4 Å². The molecule has 0 spiro atoms. The Morgan fingerprint density at radius 2 is 1.74 bits per heavy atom. The zero-order chi connectivity index (χ0) is 18.2. The zero-order valence-electron chi connectivity index (χ0n) is 12.8. The fraction of sp³-hybridized carbons (Fsp3) is 0.750. The van der Waals surface area contributed by atoms with Gasteiger partial charge in [0.05, 0.1) is 5.92 Å². The highest BCUT2D eigenvalue weighted by Gasteiger charge is 2.62. The second kappa shape index (κ2) is 7.59. The third kappa shape index (κ3) is 4.92. The van der Waals surface area contributed by atoms with E-state index in [1.165, 1.54) is 0 Å². The molecule has 0 aromatic carbocycles. The van der Waals surface area contributed by atoms with Gasteiger partial charge >= 0.3 is 7.60 Å². The number of hydrogen-bond acceptors (Lipinski definition) is 4. The molecule has 3 atom stereocenters. The minimum atomic E-state index is -3.86. The van der Waals surface area contributed by atoms with Crippen LogP contribution in [0.2, 0.25) is 0 Å². The first-order valence-electron chi connectivity index (χ1n) is 6.42. The summed E-state index contributed by atoms with van der Waals surface area (Å²) in [4.78, 5) is 12.5. The molecule has 0 radical (unpaired) electrons. The molecule has 1 saturated carbocycles. The van der Waals surface area contributed by atoms with Crippen LogP contribution in [0.1, 0.15) is 13.8 Å². The summed E-state index contributed by atoms with van der Waals surface area (Å²) in [6, 6.07) is 0. The van der Waals surface area contributed by atoms with Gasteiger partial charge < -0.3 is 14.4 Å². The Bertz CT molecular complexity index is 536. The molecular weight excluding hydrogens is 430 g/mol. The lowest BCUT2D eigenvalue weighted by Gasteiger charge is -2.30. The molecule has 0 saturated heterocycles. The molecule has 23 heavy (non-hydrogen) atoms. The van der Waals surface area contributed by atoms with E-state index in [1.54, 1.807) is 6.08 Å². The van der Waals surface area contributed by atoms with E-state index < -0.39 is 29.0 Å². The van der Waals surface area contributed by atoms with Crippen molar-refractivity contribution in [1.29, 1.82) is 0 Å². The fourth-order valence-corrected chi connectivity index (χ4v) is 5.20. The standard InChI is InChI=1S/C12H17Cl5NO4P/c1-11(2)6(5-7(13)14)8(11)9(19)18-10(12(15,16)17)23(20,21-3)22-4/h5-6,8,10H,1-4H3,(H,18,19)/t6-,8-,10+/m1/s1. The SMILES string of the molecule is COP(=O)(OC)[C@H](NC(=O)[C@H]1[C@@H](C=C(Cl)Cl)C1(C)C)C(Cl)(Cl)Cl.